The van der Waals surface area contributed by atoms with E-state index in [1.165, 1.54) is 27.6 Å². The molecule has 6 nitrogen and oxygen atoms in total. The third-order valence-corrected chi connectivity index (χ3v) is 7.14. The van der Waals surface area contributed by atoms with E-state index in [1.807, 2.05) is 17.8 Å². The van der Waals surface area contributed by atoms with E-state index in [0.717, 1.165) is 36.5 Å². The van der Waals surface area contributed by atoms with E-state index in [0.29, 0.717) is 19.2 Å². The first-order valence-electron chi connectivity index (χ1n) is 10.6. The van der Waals surface area contributed by atoms with Crippen LogP contribution >= 0.6 is 11.3 Å². The maximum atomic E-state index is 12.9. The molecule has 1 aliphatic rings. The highest BCUT2D eigenvalue weighted by atomic mass is 32.1. The summed E-state index contributed by atoms with van der Waals surface area (Å²) in [6.45, 7) is 5.14. The predicted octanol–water partition coefficient (Wildman–Crippen LogP) is 3.53. The van der Waals surface area contributed by atoms with Crippen LogP contribution < -0.4 is 5.32 Å². The lowest BCUT2D eigenvalue weighted by Gasteiger charge is -2.24. The monoisotopic (exact) mass is 426 g/mol. The molecule has 0 saturated carbocycles. The molecule has 1 aromatic carbocycles. The van der Waals surface area contributed by atoms with Gasteiger partial charge in [0.25, 0.3) is 5.91 Å². The summed E-state index contributed by atoms with van der Waals surface area (Å²) in [5.74, 6) is 0.0101. The van der Waals surface area contributed by atoms with Crippen LogP contribution in [-0.4, -0.2) is 53.4 Å². The van der Waals surface area contributed by atoms with Crippen LogP contribution in [-0.2, 0) is 24.8 Å². The number of likely N-dealkylation sites (tertiary alicyclic amines) is 1. The van der Waals surface area contributed by atoms with E-state index in [2.05, 4.69) is 46.6 Å². The lowest BCUT2D eigenvalue weighted by Crippen LogP contribution is -2.32. The van der Waals surface area contributed by atoms with Crippen molar-refractivity contribution in [3.05, 3.63) is 52.2 Å². The average molecular weight is 427 g/mol. The SMILES string of the molecule is COCCNC(=O)c1sc2ccccc2c1CC1CCCN1Cc1cn(C)nc1C. The number of rotatable bonds is 8. The van der Waals surface area contributed by atoms with Gasteiger partial charge in [-0.3, -0.25) is 14.4 Å². The van der Waals surface area contributed by atoms with Crippen LogP contribution in [0.5, 0.6) is 0 Å². The van der Waals surface area contributed by atoms with Gasteiger partial charge in [-0.05, 0) is 49.7 Å². The second-order valence-corrected chi connectivity index (χ2v) is 9.09. The Kier molecular flexibility index (Phi) is 6.51. The quantitative estimate of drug-likeness (QED) is 0.560. The molecule has 1 saturated heterocycles. The van der Waals surface area contributed by atoms with E-state index in [-0.39, 0.29) is 5.91 Å². The molecule has 3 heterocycles. The van der Waals surface area contributed by atoms with Gasteiger partial charge in [-0.2, -0.15) is 5.10 Å². The van der Waals surface area contributed by atoms with Crippen molar-refractivity contribution in [2.45, 2.75) is 38.8 Å². The molecule has 1 fully saturated rings. The molecule has 1 atom stereocenters. The summed E-state index contributed by atoms with van der Waals surface area (Å²) < 4.78 is 8.15. The normalized spacial score (nSPS) is 17.1. The molecule has 0 radical (unpaired) electrons. The summed E-state index contributed by atoms with van der Waals surface area (Å²) in [5.41, 5.74) is 3.57. The minimum Gasteiger partial charge on any atom is -0.383 e. The highest BCUT2D eigenvalue weighted by Crippen LogP contribution is 2.34. The Morgan fingerprint density at radius 1 is 1.37 bits per heavy atom. The molecule has 7 heteroatoms. The Balaban J connectivity index is 1.58. The number of hydrogen-bond donors (Lipinski definition) is 1. The maximum absolute atomic E-state index is 12.9. The van der Waals surface area contributed by atoms with Crippen molar-refractivity contribution in [1.29, 1.82) is 0 Å². The number of carbonyl (C=O) groups is 1. The number of carbonyl (C=O) groups excluding carboxylic acids is 1. The lowest BCUT2D eigenvalue weighted by atomic mass is 10.00. The van der Waals surface area contributed by atoms with Gasteiger partial charge in [0.15, 0.2) is 0 Å². The van der Waals surface area contributed by atoms with Crippen LogP contribution in [0.2, 0.25) is 0 Å². The highest BCUT2D eigenvalue weighted by Gasteiger charge is 2.29. The van der Waals surface area contributed by atoms with Gasteiger partial charge in [-0.25, -0.2) is 0 Å². The molecule has 1 aliphatic heterocycles. The number of amides is 1. The van der Waals surface area contributed by atoms with Crippen molar-refractivity contribution in [3.8, 4) is 0 Å². The second-order valence-electron chi connectivity index (χ2n) is 8.04. The highest BCUT2D eigenvalue weighted by molar-refractivity contribution is 7.21. The van der Waals surface area contributed by atoms with Gasteiger partial charge in [0.05, 0.1) is 17.2 Å². The third-order valence-electron chi connectivity index (χ3n) is 5.92. The predicted molar refractivity (Wildman–Crippen MR) is 121 cm³/mol. The van der Waals surface area contributed by atoms with Gasteiger partial charge in [-0.1, -0.05) is 18.2 Å². The molecule has 0 aliphatic carbocycles. The molecule has 4 rings (SSSR count). The summed E-state index contributed by atoms with van der Waals surface area (Å²) in [6, 6.07) is 8.81. The Hall–Kier alpha value is -2.22. The molecular weight excluding hydrogens is 396 g/mol. The summed E-state index contributed by atoms with van der Waals surface area (Å²) in [5, 5.41) is 8.72. The van der Waals surface area contributed by atoms with Crippen LogP contribution in [0.15, 0.2) is 30.5 Å². The van der Waals surface area contributed by atoms with E-state index in [4.69, 9.17) is 4.74 Å². The number of aryl methyl sites for hydroxylation is 2. The van der Waals surface area contributed by atoms with Crippen molar-refractivity contribution in [3.63, 3.8) is 0 Å². The Morgan fingerprint density at radius 3 is 2.97 bits per heavy atom. The molecule has 1 N–H and O–H groups in total. The zero-order valence-corrected chi connectivity index (χ0v) is 18.8. The van der Waals surface area contributed by atoms with Crippen molar-refractivity contribution in [1.82, 2.24) is 20.0 Å². The minimum absolute atomic E-state index is 0.0101. The van der Waals surface area contributed by atoms with Crippen molar-refractivity contribution >= 4 is 27.3 Å². The van der Waals surface area contributed by atoms with Crippen LogP contribution in [0.1, 0.15) is 39.3 Å². The standard InChI is InChI=1S/C23H30N4O2S/c1-16-17(14-26(2)25-16)15-27-11-6-7-18(27)13-20-19-8-4-5-9-21(19)30-22(20)23(28)24-10-12-29-3/h4-5,8-9,14,18H,6-7,10-13,15H2,1-3H3,(H,24,28). The molecule has 3 aromatic rings. The summed E-state index contributed by atoms with van der Waals surface area (Å²) >= 11 is 1.60. The van der Waals surface area contributed by atoms with E-state index in [1.54, 1.807) is 18.4 Å². The molecule has 0 bridgehead atoms. The summed E-state index contributed by atoms with van der Waals surface area (Å²) in [4.78, 5) is 16.3. The number of nitrogens with one attached hydrogen (secondary N) is 1. The zero-order chi connectivity index (χ0) is 21.1. The second kappa shape index (κ2) is 9.29. The first-order chi connectivity index (χ1) is 14.6. The van der Waals surface area contributed by atoms with Crippen LogP contribution in [0.25, 0.3) is 10.1 Å². The number of aromatic nitrogens is 2. The number of nitrogens with zero attached hydrogens (tertiary/aromatic N) is 3. The molecule has 1 amide bonds. The fraction of sp³-hybridized carbons (Fsp3) is 0.478. The minimum atomic E-state index is 0.0101. The maximum Gasteiger partial charge on any atom is 0.261 e. The third kappa shape index (κ3) is 4.43. The van der Waals surface area contributed by atoms with Crippen LogP contribution in [0.4, 0.5) is 0 Å². The Labute approximate surface area is 181 Å². The first-order valence-corrected chi connectivity index (χ1v) is 11.4. The molecule has 160 valence electrons. The Bertz CT molecular complexity index is 1030. The fourth-order valence-electron chi connectivity index (χ4n) is 4.42. The number of fused-ring (bicyclic) bond motifs is 1. The van der Waals surface area contributed by atoms with Gasteiger partial charge < -0.3 is 10.1 Å². The molecular formula is C23H30N4O2S. The molecule has 2 aromatic heterocycles. The average Bonchev–Trinajstić information content (AvgIpc) is 3.41. The molecule has 1 unspecified atom stereocenters. The van der Waals surface area contributed by atoms with Gasteiger partial charge in [0, 0.05) is 49.7 Å². The van der Waals surface area contributed by atoms with Gasteiger partial charge in [0.1, 0.15) is 0 Å². The van der Waals surface area contributed by atoms with Gasteiger partial charge in [-0.15, -0.1) is 11.3 Å². The molecule has 0 spiro atoms. The van der Waals surface area contributed by atoms with Crippen molar-refractivity contribution < 1.29 is 9.53 Å². The van der Waals surface area contributed by atoms with Crippen LogP contribution in [0, 0.1) is 6.92 Å². The smallest absolute Gasteiger partial charge is 0.261 e. The number of hydrogen-bond acceptors (Lipinski definition) is 5. The summed E-state index contributed by atoms with van der Waals surface area (Å²) in [6.07, 6.45) is 5.38. The number of ether oxygens (including phenoxy) is 1. The first kappa shape index (κ1) is 21.0. The lowest BCUT2D eigenvalue weighted by molar-refractivity contribution is 0.0940. The Morgan fingerprint density at radius 2 is 2.20 bits per heavy atom. The van der Waals surface area contributed by atoms with E-state index < -0.39 is 0 Å². The van der Waals surface area contributed by atoms with Gasteiger partial charge >= 0.3 is 0 Å². The van der Waals surface area contributed by atoms with Gasteiger partial charge in [0.2, 0.25) is 0 Å². The van der Waals surface area contributed by atoms with Crippen molar-refractivity contribution in [2.24, 2.45) is 7.05 Å². The topological polar surface area (TPSA) is 59.4 Å². The largest absolute Gasteiger partial charge is 0.383 e. The van der Waals surface area contributed by atoms with Crippen LogP contribution in [0.3, 0.4) is 0 Å². The van der Waals surface area contributed by atoms with E-state index in [9.17, 15) is 4.79 Å². The number of benzene rings is 1. The summed E-state index contributed by atoms with van der Waals surface area (Å²) in [7, 11) is 3.62. The van der Waals surface area contributed by atoms with E-state index >= 15 is 0 Å². The fourth-order valence-corrected chi connectivity index (χ4v) is 5.57. The molecule has 30 heavy (non-hydrogen) atoms. The van der Waals surface area contributed by atoms with Crippen molar-refractivity contribution in [2.75, 3.05) is 26.8 Å². The zero-order valence-electron chi connectivity index (χ0n) is 18.0. The number of thiophene rings is 1. The number of methoxy groups -OCH3 is 1.